The van der Waals surface area contributed by atoms with Crippen molar-refractivity contribution in [2.75, 3.05) is 27.7 Å². The lowest BCUT2D eigenvalue weighted by Gasteiger charge is -2.37. The second-order valence-electron chi connectivity index (χ2n) is 5.39. The highest BCUT2D eigenvalue weighted by molar-refractivity contribution is 4.85. The topological polar surface area (TPSA) is 15.3 Å². The summed E-state index contributed by atoms with van der Waals surface area (Å²) in [6, 6.07) is 0.750. The Balaban J connectivity index is 2.45. The molecule has 0 aliphatic heterocycles. The van der Waals surface area contributed by atoms with Crippen molar-refractivity contribution >= 4 is 0 Å². The van der Waals surface area contributed by atoms with E-state index in [1.807, 2.05) is 0 Å². The smallest absolute Gasteiger partial charge is 0.0105 e. The molecule has 0 bridgehead atoms. The van der Waals surface area contributed by atoms with Crippen molar-refractivity contribution in [1.82, 2.24) is 10.2 Å². The maximum Gasteiger partial charge on any atom is 0.0105 e. The standard InChI is InChI=1S/C13H28N2/c1-5-6-11-7-8-13(14-2)12(9-11)10-15(3)4/h11-14H,5-10H2,1-4H3. The predicted molar refractivity (Wildman–Crippen MR) is 67.1 cm³/mol. The Kier molecular flexibility index (Phi) is 5.62. The average molecular weight is 212 g/mol. The van der Waals surface area contributed by atoms with Gasteiger partial charge in [0.1, 0.15) is 0 Å². The lowest BCUT2D eigenvalue weighted by Crippen LogP contribution is -2.43. The van der Waals surface area contributed by atoms with Crippen LogP contribution in [-0.2, 0) is 0 Å². The molecule has 3 atom stereocenters. The van der Waals surface area contributed by atoms with Gasteiger partial charge in [-0.3, -0.25) is 0 Å². The lowest BCUT2D eigenvalue weighted by molar-refractivity contribution is 0.165. The first-order chi connectivity index (χ1) is 7.17. The fourth-order valence-electron chi connectivity index (χ4n) is 3.08. The molecular weight excluding hydrogens is 184 g/mol. The Hall–Kier alpha value is -0.0800. The summed E-state index contributed by atoms with van der Waals surface area (Å²) in [5.74, 6) is 1.85. The monoisotopic (exact) mass is 212 g/mol. The summed E-state index contributed by atoms with van der Waals surface area (Å²) in [7, 11) is 6.50. The highest BCUT2D eigenvalue weighted by atomic mass is 15.1. The predicted octanol–water partition coefficient (Wildman–Crippen LogP) is 2.35. The van der Waals surface area contributed by atoms with Gasteiger partial charge in [-0.05, 0) is 52.2 Å². The van der Waals surface area contributed by atoms with E-state index < -0.39 is 0 Å². The molecule has 1 N–H and O–H groups in total. The molecule has 1 aliphatic rings. The van der Waals surface area contributed by atoms with Crippen LogP contribution in [0.4, 0.5) is 0 Å². The zero-order valence-corrected chi connectivity index (χ0v) is 10.9. The van der Waals surface area contributed by atoms with Crippen molar-refractivity contribution < 1.29 is 0 Å². The Morgan fingerprint density at radius 3 is 2.53 bits per heavy atom. The van der Waals surface area contributed by atoms with Gasteiger partial charge in [-0.15, -0.1) is 0 Å². The first-order valence-corrected chi connectivity index (χ1v) is 6.49. The molecule has 0 aromatic rings. The first-order valence-electron chi connectivity index (χ1n) is 6.49. The largest absolute Gasteiger partial charge is 0.317 e. The van der Waals surface area contributed by atoms with Crippen LogP contribution in [0.15, 0.2) is 0 Å². The second-order valence-corrected chi connectivity index (χ2v) is 5.39. The minimum Gasteiger partial charge on any atom is -0.317 e. The maximum atomic E-state index is 3.50. The molecule has 90 valence electrons. The molecule has 0 heterocycles. The summed E-state index contributed by atoms with van der Waals surface area (Å²) >= 11 is 0. The first kappa shape index (κ1) is 13.0. The van der Waals surface area contributed by atoms with Crippen LogP contribution in [0.2, 0.25) is 0 Å². The molecule has 1 aliphatic carbocycles. The Bertz CT molecular complexity index is 168. The summed E-state index contributed by atoms with van der Waals surface area (Å²) in [5, 5.41) is 3.50. The van der Waals surface area contributed by atoms with Gasteiger partial charge in [0.15, 0.2) is 0 Å². The average Bonchev–Trinajstić information content (AvgIpc) is 2.18. The number of nitrogens with zero attached hydrogens (tertiary/aromatic N) is 1. The van der Waals surface area contributed by atoms with Gasteiger partial charge in [-0.2, -0.15) is 0 Å². The normalized spacial score (nSPS) is 32.2. The third-order valence-corrected chi connectivity index (χ3v) is 3.76. The molecule has 0 spiro atoms. The number of rotatable bonds is 5. The fourth-order valence-corrected chi connectivity index (χ4v) is 3.08. The molecule has 0 radical (unpaired) electrons. The molecule has 2 nitrogen and oxygen atoms in total. The van der Waals surface area contributed by atoms with Crippen LogP contribution in [0, 0.1) is 11.8 Å². The highest BCUT2D eigenvalue weighted by Gasteiger charge is 2.29. The molecule has 0 aromatic carbocycles. The van der Waals surface area contributed by atoms with Crippen LogP contribution in [-0.4, -0.2) is 38.6 Å². The third-order valence-electron chi connectivity index (χ3n) is 3.76. The highest BCUT2D eigenvalue weighted by Crippen LogP contribution is 2.32. The molecule has 0 aromatic heterocycles. The number of nitrogens with one attached hydrogen (secondary N) is 1. The van der Waals surface area contributed by atoms with Crippen molar-refractivity contribution in [2.45, 2.75) is 45.1 Å². The van der Waals surface area contributed by atoms with E-state index in [1.54, 1.807) is 0 Å². The van der Waals surface area contributed by atoms with E-state index in [4.69, 9.17) is 0 Å². The molecular formula is C13H28N2. The van der Waals surface area contributed by atoms with Crippen molar-refractivity contribution in [3.63, 3.8) is 0 Å². The van der Waals surface area contributed by atoms with Crippen molar-refractivity contribution in [3.05, 3.63) is 0 Å². The summed E-state index contributed by atoms with van der Waals surface area (Å²) in [5.41, 5.74) is 0. The SMILES string of the molecule is CCCC1CCC(NC)C(CN(C)C)C1. The molecule has 0 saturated heterocycles. The minimum absolute atomic E-state index is 0.750. The van der Waals surface area contributed by atoms with Gasteiger partial charge in [0.05, 0.1) is 0 Å². The molecule has 1 saturated carbocycles. The molecule has 15 heavy (non-hydrogen) atoms. The molecule has 1 fully saturated rings. The van der Waals surface area contributed by atoms with E-state index in [0.29, 0.717) is 0 Å². The molecule has 0 amide bonds. The van der Waals surface area contributed by atoms with Crippen molar-refractivity contribution in [1.29, 1.82) is 0 Å². The second kappa shape index (κ2) is 6.49. The van der Waals surface area contributed by atoms with Crippen LogP contribution in [0.1, 0.15) is 39.0 Å². The fraction of sp³-hybridized carbons (Fsp3) is 1.00. The summed E-state index contributed by atoms with van der Waals surface area (Å²) < 4.78 is 0. The minimum atomic E-state index is 0.750. The van der Waals surface area contributed by atoms with E-state index in [9.17, 15) is 0 Å². The Morgan fingerprint density at radius 2 is 2.00 bits per heavy atom. The van der Waals surface area contributed by atoms with E-state index in [0.717, 1.165) is 17.9 Å². The quantitative estimate of drug-likeness (QED) is 0.752. The van der Waals surface area contributed by atoms with Crippen LogP contribution in [0.25, 0.3) is 0 Å². The van der Waals surface area contributed by atoms with Gasteiger partial charge in [0, 0.05) is 12.6 Å². The lowest BCUT2D eigenvalue weighted by atomic mass is 9.76. The third kappa shape index (κ3) is 4.12. The van der Waals surface area contributed by atoms with E-state index in [-0.39, 0.29) is 0 Å². The summed E-state index contributed by atoms with van der Waals surface area (Å²) in [6.45, 7) is 3.55. The van der Waals surface area contributed by atoms with Crippen LogP contribution in [0.5, 0.6) is 0 Å². The molecule has 2 heteroatoms. The van der Waals surface area contributed by atoms with E-state index in [1.165, 1.54) is 38.6 Å². The van der Waals surface area contributed by atoms with E-state index in [2.05, 4.69) is 38.3 Å². The zero-order chi connectivity index (χ0) is 11.3. The van der Waals surface area contributed by atoms with E-state index >= 15 is 0 Å². The van der Waals surface area contributed by atoms with Crippen LogP contribution >= 0.6 is 0 Å². The van der Waals surface area contributed by atoms with Gasteiger partial charge < -0.3 is 10.2 Å². The molecule has 3 unspecified atom stereocenters. The van der Waals surface area contributed by atoms with Crippen LogP contribution in [0.3, 0.4) is 0 Å². The summed E-state index contributed by atoms with van der Waals surface area (Å²) in [6.07, 6.45) is 7.02. The number of hydrogen-bond acceptors (Lipinski definition) is 2. The van der Waals surface area contributed by atoms with Crippen molar-refractivity contribution in [3.8, 4) is 0 Å². The van der Waals surface area contributed by atoms with Gasteiger partial charge in [0.25, 0.3) is 0 Å². The van der Waals surface area contributed by atoms with Gasteiger partial charge in [-0.25, -0.2) is 0 Å². The molecule has 1 rings (SSSR count). The Labute approximate surface area is 95.4 Å². The van der Waals surface area contributed by atoms with Crippen LogP contribution < -0.4 is 5.32 Å². The maximum absolute atomic E-state index is 3.50. The number of hydrogen-bond donors (Lipinski definition) is 1. The van der Waals surface area contributed by atoms with Gasteiger partial charge in [-0.1, -0.05) is 19.8 Å². The van der Waals surface area contributed by atoms with Gasteiger partial charge in [0.2, 0.25) is 0 Å². The Morgan fingerprint density at radius 1 is 1.27 bits per heavy atom. The van der Waals surface area contributed by atoms with Crippen molar-refractivity contribution in [2.24, 2.45) is 11.8 Å². The van der Waals surface area contributed by atoms with Gasteiger partial charge >= 0.3 is 0 Å². The summed E-state index contributed by atoms with van der Waals surface area (Å²) in [4.78, 5) is 2.34. The zero-order valence-electron chi connectivity index (χ0n) is 10.9.